The molecule has 1 aliphatic rings. The quantitative estimate of drug-likeness (QED) is 0.767. The lowest BCUT2D eigenvalue weighted by Crippen LogP contribution is -2.40. The van der Waals surface area contributed by atoms with Crippen molar-refractivity contribution in [2.45, 2.75) is 25.9 Å². The first-order valence-electron chi connectivity index (χ1n) is 7.89. The number of alkyl halides is 3. The molecule has 1 saturated heterocycles. The Balaban J connectivity index is 1.79. The number of carbonyl (C=O) groups is 1. The smallest absolute Gasteiger partial charge is 0.401 e. The van der Waals surface area contributed by atoms with Gasteiger partial charge >= 0.3 is 12.1 Å². The number of benzene rings is 1. The molecule has 0 atom stereocenters. The second kappa shape index (κ2) is 7.88. The van der Waals surface area contributed by atoms with Crippen LogP contribution in [-0.4, -0.2) is 50.4 Å². The molecule has 0 radical (unpaired) electrons. The van der Waals surface area contributed by atoms with Crippen molar-refractivity contribution in [2.75, 3.05) is 33.4 Å². The van der Waals surface area contributed by atoms with Gasteiger partial charge in [-0.2, -0.15) is 13.2 Å². The second-order valence-corrected chi connectivity index (χ2v) is 6.12. The maximum Gasteiger partial charge on any atom is 0.401 e. The number of nitrogens with zero attached hydrogens (tertiary/aromatic N) is 1. The van der Waals surface area contributed by atoms with E-state index in [0.29, 0.717) is 37.2 Å². The van der Waals surface area contributed by atoms with Crippen LogP contribution in [0, 0.1) is 12.8 Å². The standard InChI is InChI=1S/C17H22F3NO3/c1-12-3-4-14(9-15(12)23-2)16(22)24-10-13-5-7-21(8-6-13)11-17(18,19)20/h3-4,9,13H,5-8,10-11H2,1-2H3. The van der Waals surface area contributed by atoms with Gasteiger partial charge in [0.1, 0.15) is 5.75 Å². The van der Waals surface area contributed by atoms with E-state index in [1.807, 2.05) is 6.92 Å². The van der Waals surface area contributed by atoms with Crippen molar-refractivity contribution in [1.29, 1.82) is 0 Å². The van der Waals surface area contributed by atoms with Crippen LogP contribution < -0.4 is 4.74 Å². The molecule has 0 amide bonds. The average molecular weight is 345 g/mol. The monoisotopic (exact) mass is 345 g/mol. The molecule has 7 heteroatoms. The fraction of sp³-hybridized carbons (Fsp3) is 0.588. The van der Waals surface area contributed by atoms with Crippen LogP contribution in [0.4, 0.5) is 13.2 Å². The Morgan fingerprint density at radius 2 is 1.96 bits per heavy atom. The summed E-state index contributed by atoms with van der Waals surface area (Å²) in [6.07, 6.45) is -2.97. The molecule has 0 spiro atoms. The highest BCUT2D eigenvalue weighted by molar-refractivity contribution is 5.90. The summed E-state index contributed by atoms with van der Waals surface area (Å²) in [5.41, 5.74) is 1.33. The van der Waals surface area contributed by atoms with Crippen LogP contribution in [0.3, 0.4) is 0 Å². The summed E-state index contributed by atoms with van der Waals surface area (Å²) in [6.45, 7) is 1.99. The van der Waals surface area contributed by atoms with E-state index in [-0.39, 0.29) is 12.5 Å². The predicted octanol–water partition coefficient (Wildman–Crippen LogP) is 3.43. The number of ether oxygens (including phenoxy) is 2. The summed E-state index contributed by atoms with van der Waals surface area (Å²) in [5.74, 6) is 0.279. The number of esters is 1. The summed E-state index contributed by atoms with van der Waals surface area (Å²) < 4.78 is 47.5. The summed E-state index contributed by atoms with van der Waals surface area (Å²) >= 11 is 0. The van der Waals surface area contributed by atoms with Crippen LogP contribution in [-0.2, 0) is 4.74 Å². The van der Waals surface area contributed by atoms with Crippen molar-refractivity contribution in [3.8, 4) is 5.75 Å². The van der Waals surface area contributed by atoms with Gasteiger partial charge in [-0.15, -0.1) is 0 Å². The summed E-state index contributed by atoms with van der Waals surface area (Å²) in [7, 11) is 1.53. The van der Waals surface area contributed by atoms with Crippen LogP contribution in [0.25, 0.3) is 0 Å². The molecular formula is C17H22F3NO3. The Labute approximate surface area is 139 Å². The van der Waals surface area contributed by atoms with Crippen LogP contribution in [0.5, 0.6) is 5.75 Å². The van der Waals surface area contributed by atoms with E-state index in [9.17, 15) is 18.0 Å². The summed E-state index contributed by atoms with van der Waals surface area (Å²) in [6, 6.07) is 5.08. The minimum absolute atomic E-state index is 0.103. The van der Waals surface area contributed by atoms with Crippen LogP contribution in [0.2, 0.25) is 0 Å². The molecule has 0 unspecified atom stereocenters. The zero-order valence-electron chi connectivity index (χ0n) is 13.9. The summed E-state index contributed by atoms with van der Waals surface area (Å²) in [4.78, 5) is 13.5. The number of aryl methyl sites for hydroxylation is 1. The molecule has 1 aromatic carbocycles. The molecule has 0 aromatic heterocycles. The third kappa shape index (κ3) is 5.40. The van der Waals surface area contributed by atoms with E-state index in [2.05, 4.69) is 0 Å². The second-order valence-electron chi connectivity index (χ2n) is 6.12. The van der Waals surface area contributed by atoms with Gasteiger partial charge in [0.15, 0.2) is 0 Å². The van der Waals surface area contributed by atoms with Crippen molar-refractivity contribution in [3.63, 3.8) is 0 Å². The van der Waals surface area contributed by atoms with Crippen molar-refractivity contribution in [3.05, 3.63) is 29.3 Å². The number of methoxy groups -OCH3 is 1. The van der Waals surface area contributed by atoms with Gasteiger partial charge in [-0.3, -0.25) is 4.90 Å². The van der Waals surface area contributed by atoms with Gasteiger partial charge in [0, 0.05) is 0 Å². The Bertz CT molecular complexity index is 567. The Hall–Kier alpha value is -1.76. The Morgan fingerprint density at radius 3 is 2.54 bits per heavy atom. The molecule has 2 rings (SSSR count). The van der Waals surface area contributed by atoms with E-state index in [1.165, 1.54) is 12.0 Å². The fourth-order valence-electron chi connectivity index (χ4n) is 2.79. The van der Waals surface area contributed by atoms with Gasteiger partial charge in [0.25, 0.3) is 0 Å². The van der Waals surface area contributed by atoms with Crippen LogP contribution >= 0.6 is 0 Å². The fourth-order valence-corrected chi connectivity index (χ4v) is 2.79. The first-order chi connectivity index (χ1) is 11.3. The number of rotatable bonds is 5. The molecular weight excluding hydrogens is 323 g/mol. The number of hydrogen-bond acceptors (Lipinski definition) is 4. The lowest BCUT2D eigenvalue weighted by Gasteiger charge is -2.31. The maximum atomic E-state index is 12.3. The zero-order valence-corrected chi connectivity index (χ0v) is 13.9. The highest BCUT2D eigenvalue weighted by Gasteiger charge is 2.32. The molecule has 0 N–H and O–H groups in total. The van der Waals surface area contributed by atoms with Crippen molar-refractivity contribution in [2.24, 2.45) is 5.92 Å². The van der Waals surface area contributed by atoms with Crippen molar-refractivity contribution >= 4 is 5.97 Å². The minimum Gasteiger partial charge on any atom is -0.496 e. The molecule has 24 heavy (non-hydrogen) atoms. The van der Waals surface area contributed by atoms with Gasteiger partial charge in [-0.1, -0.05) is 6.07 Å². The largest absolute Gasteiger partial charge is 0.496 e. The van der Waals surface area contributed by atoms with Crippen LogP contribution in [0.1, 0.15) is 28.8 Å². The topological polar surface area (TPSA) is 38.8 Å². The third-order valence-electron chi connectivity index (χ3n) is 4.20. The highest BCUT2D eigenvalue weighted by atomic mass is 19.4. The number of likely N-dealkylation sites (tertiary alicyclic amines) is 1. The van der Waals surface area contributed by atoms with E-state index >= 15 is 0 Å². The van der Waals surface area contributed by atoms with Gasteiger partial charge in [-0.25, -0.2) is 4.79 Å². The van der Waals surface area contributed by atoms with E-state index in [4.69, 9.17) is 9.47 Å². The number of hydrogen-bond donors (Lipinski definition) is 0. The predicted molar refractivity (Wildman–Crippen MR) is 83.2 cm³/mol. The van der Waals surface area contributed by atoms with E-state index < -0.39 is 18.7 Å². The first kappa shape index (κ1) is 18.6. The summed E-state index contributed by atoms with van der Waals surface area (Å²) in [5, 5.41) is 0. The number of halogens is 3. The highest BCUT2D eigenvalue weighted by Crippen LogP contribution is 2.23. The molecule has 1 fully saturated rings. The van der Waals surface area contributed by atoms with Crippen molar-refractivity contribution in [1.82, 2.24) is 4.90 Å². The van der Waals surface area contributed by atoms with Gasteiger partial charge in [-0.05, 0) is 56.5 Å². The maximum absolute atomic E-state index is 12.3. The molecule has 0 aliphatic carbocycles. The normalized spacial score (nSPS) is 16.9. The Kier molecular flexibility index (Phi) is 6.10. The Morgan fingerprint density at radius 1 is 1.29 bits per heavy atom. The molecule has 0 bridgehead atoms. The SMILES string of the molecule is COc1cc(C(=O)OCC2CCN(CC(F)(F)F)CC2)ccc1C. The van der Waals surface area contributed by atoms with Crippen LogP contribution in [0.15, 0.2) is 18.2 Å². The lowest BCUT2D eigenvalue weighted by atomic mass is 9.98. The zero-order chi connectivity index (χ0) is 17.7. The third-order valence-corrected chi connectivity index (χ3v) is 4.20. The van der Waals surface area contributed by atoms with Gasteiger partial charge in [0.05, 0.1) is 25.8 Å². The van der Waals surface area contributed by atoms with Crippen molar-refractivity contribution < 1.29 is 27.4 Å². The van der Waals surface area contributed by atoms with E-state index in [1.54, 1.807) is 18.2 Å². The van der Waals surface area contributed by atoms with E-state index in [0.717, 1.165) is 5.56 Å². The molecule has 1 aromatic rings. The molecule has 1 heterocycles. The van der Waals surface area contributed by atoms with Gasteiger partial charge < -0.3 is 9.47 Å². The molecule has 134 valence electrons. The average Bonchev–Trinajstić information content (AvgIpc) is 2.53. The lowest BCUT2D eigenvalue weighted by molar-refractivity contribution is -0.148. The molecule has 0 saturated carbocycles. The minimum atomic E-state index is -4.16. The molecule has 1 aliphatic heterocycles. The number of piperidine rings is 1. The molecule has 4 nitrogen and oxygen atoms in total. The number of carbonyl (C=O) groups excluding carboxylic acids is 1. The van der Waals surface area contributed by atoms with Gasteiger partial charge in [0.2, 0.25) is 0 Å². The first-order valence-corrected chi connectivity index (χ1v) is 7.89.